The van der Waals surface area contributed by atoms with Crippen LogP contribution in [-0.2, 0) is 0 Å². The summed E-state index contributed by atoms with van der Waals surface area (Å²) in [7, 11) is 3.24. The van der Waals surface area contributed by atoms with E-state index in [0.29, 0.717) is 40.1 Å². The van der Waals surface area contributed by atoms with E-state index in [-0.39, 0.29) is 11.5 Å². The number of hydrogen-bond donors (Lipinski definition) is 5. The van der Waals surface area contributed by atoms with Crippen LogP contribution in [0.4, 0.5) is 34.5 Å². The molecule has 4 rings (SSSR count). The van der Waals surface area contributed by atoms with E-state index in [1.165, 1.54) is 6.20 Å². The summed E-state index contributed by atoms with van der Waals surface area (Å²) in [5.41, 5.74) is 11.0. The fourth-order valence-electron chi connectivity index (χ4n) is 3.62. The summed E-state index contributed by atoms with van der Waals surface area (Å²) in [4.78, 5) is 34.5. The van der Waals surface area contributed by atoms with Gasteiger partial charge < -0.3 is 31.7 Å². The molecule has 0 aliphatic heterocycles. The summed E-state index contributed by atoms with van der Waals surface area (Å²) >= 11 is 0. The average Bonchev–Trinajstić information content (AvgIpc) is 2.92. The number of rotatable bonds is 8. The second-order valence-corrected chi connectivity index (χ2v) is 8.57. The Labute approximate surface area is 220 Å². The number of carbonyl (C=O) groups is 2. The molecule has 194 valence electrons. The molecular weight excluding hydrogens is 482 g/mol. The van der Waals surface area contributed by atoms with Crippen LogP contribution in [0.25, 0.3) is 0 Å². The van der Waals surface area contributed by atoms with Crippen LogP contribution in [0.3, 0.4) is 0 Å². The van der Waals surface area contributed by atoms with Crippen LogP contribution in [-0.4, -0.2) is 35.9 Å². The van der Waals surface area contributed by atoms with Crippen molar-refractivity contribution < 1.29 is 14.3 Å². The lowest BCUT2D eigenvalue weighted by Gasteiger charge is -2.14. The number of ether oxygens (including phenoxy) is 1. The van der Waals surface area contributed by atoms with Gasteiger partial charge in [0.15, 0.2) is 0 Å². The Balaban J connectivity index is 1.49. The smallest absolute Gasteiger partial charge is 0.261 e. The molecule has 0 aliphatic rings. The number of nitrogen functional groups attached to an aromatic ring is 1. The fraction of sp³-hybridized carbons (Fsp3) is 0.143. The zero-order valence-corrected chi connectivity index (χ0v) is 21.5. The predicted molar refractivity (Wildman–Crippen MR) is 151 cm³/mol. The monoisotopic (exact) mass is 511 g/mol. The van der Waals surface area contributed by atoms with Gasteiger partial charge in [0.25, 0.3) is 11.8 Å². The van der Waals surface area contributed by atoms with Gasteiger partial charge >= 0.3 is 0 Å². The first kappa shape index (κ1) is 26.0. The summed E-state index contributed by atoms with van der Waals surface area (Å²) in [6, 6.07) is 17.6. The first-order valence-corrected chi connectivity index (χ1v) is 11.8. The standard InChI is InChI=1S/C28H29N7O3/c1-16-5-9-19(13-23(16)29)33-28-31-15-22(25(30-3)35-28)27(37)34-24-14-20(10-6-17(24)2)32-26(36)18-7-11-21(38-4)12-8-18/h5-15H,29H2,1-4H3,(H,32,36)(H,34,37)(H2,30,31,33,35). The maximum atomic E-state index is 13.1. The molecule has 0 saturated heterocycles. The topological polar surface area (TPSA) is 143 Å². The van der Waals surface area contributed by atoms with Crippen molar-refractivity contribution in [2.75, 3.05) is 41.2 Å². The molecular formula is C28H29N7O3. The Bertz CT molecular complexity index is 1490. The van der Waals surface area contributed by atoms with Gasteiger partial charge in [-0.1, -0.05) is 12.1 Å². The van der Waals surface area contributed by atoms with Crippen molar-refractivity contribution in [1.82, 2.24) is 9.97 Å². The van der Waals surface area contributed by atoms with Gasteiger partial charge in [0, 0.05) is 41.6 Å². The number of aryl methyl sites for hydroxylation is 2. The van der Waals surface area contributed by atoms with Crippen LogP contribution >= 0.6 is 0 Å². The van der Waals surface area contributed by atoms with E-state index in [2.05, 4.69) is 31.2 Å². The fourth-order valence-corrected chi connectivity index (χ4v) is 3.62. The van der Waals surface area contributed by atoms with Crippen molar-refractivity contribution in [3.63, 3.8) is 0 Å². The minimum atomic E-state index is -0.401. The maximum absolute atomic E-state index is 13.1. The van der Waals surface area contributed by atoms with Crippen molar-refractivity contribution in [3.8, 4) is 5.75 Å². The Morgan fingerprint density at radius 1 is 0.868 bits per heavy atom. The van der Waals surface area contributed by atoms with Crippen LogP contribution in [0.5, 0.6) is 5.75 Å². The highest BCUT2D eigenvalue weighted by molar-refractivity contribution is 6.08. The molecule has 4 aromatic rings. The molecule has 0 unspecified atom stereocenters. The summed E-state index contributed by atoms with van der Waals surface area (Å²) in [6.07, 6.45) is 1.44. The van der Waals surface area contributed by atoms with E-state index in [0.717, 1.165) is 16.8 Å². The number of anilines is 6. The molecule has 0 bridgehead atoms. The number of benzene rings is 3. The van der Waals surface area contributed by atoms with Gasteiger partial charge in [-0.3, -0.25) is 9.59 Å². The normalized spacial score (nSPS) is 10.4. The Morgan fingerprint density at radius 2 is 1.58 bits per heavy atom. The minimum absolute atomic E-state index is 0.258. The molecule has 1 aromatic heterocycles. The quantitative estimate of drug-likeness (QED) is 0.209. The van der Waals surface area contributed by atoms with Gasteiger partial charge in [0.2, 0.25) is 5.95 Å². The molecule has 38 heavy (non-hydrogen) atoms. The Morgan fingerprint density at radius 3 is 2.26 bits per heavy atom. The van der Waals surface area contributed by atoms with Crippen LogP contribution in [0.2, 0.25) is 0 Å². The maximum Gasteiger partial charge on any atom is 0.261 e. The van der Waals surface area contributed by atoms with Crippen LogP contribution < -0.4 is 31.7 Å². The van der Waals surface area contributed by atoms with Gasteiger partial charge in [0.1, 0.15) is 17.1 Å². The van der Waals surface area contributed by atoms with E-state index in [1.54, 1.807) is 56.6 Å². The SMILES string of the molecule is CNc1nc(Nc2ccc(C)c(N)c2)ncc1C(=O)Nc1cc(NC(=O)c2ccc(OC)cc2)ccc1C. The van der Waals surface area contributed by atoms with E-state index < -0.39 is 5.91 Å². The molecule has 0 fully saturated rings. The van der Waals surface area contributed by atoms with Gasteiger partial charge in [-0.2, -0.15) is 4.98 Å². The molecule has 6 N–H and O–H groups in total. The lowest BCUT2D eigenvalue weighted by molar-refractivity contribution is 0.101. The molecule has 1 heterocycles. The number of hydrogen-bond acceptors (Lipinski definition) is 8. The third-order valence-electron chi connectivity index (χ3n) is 5.90. The molecule has 0 atom stereocenters. The largest absolute Gasteiger partial charge is 0.497 e. The number of nitrogens with zero attached hydrogens (tertiary/aromatic N) is 2. The Kier molecular flexibility index (Phi) is 7.72. The van der Waals surface area contributed by atoms with E-state index in [9.17, 15) is 9.59 Å². The summed E-state index contributed by atoms with van der Waals surface area (Å²) < 4.78 is 5.13. The van der Waals surface area contributed by atoms with Crippen LogP contribution in [0, 0.1) is 13.8 Å². The molecule has 0 saturated carbocycles. The van der Waals surface area contributed by atoms with Crippen molar-refractivity contribution in [2.24, 2.45) is 0 Å². The van der Waals surface area contributed by atoms with Gasteiger partial charge in [0.05, 0.1) is 7.11 Å². The Hall–Kier alpha value is -5.12. The van der Waals surface area contributed by atoms with Gasteiger partial charge in [-0.15, -0.1) is 0 Å². The second-order valence-electron chi connectivity index (χ2n) is 8.57. The van der Waals surface area contributed by atoms with E-state index in [1.807, 2.05) is 32.0 Å². The first-order valence-electron chi connectivity index (χ1n) is 11.8. The number of carbonyl (C=O) groups excluding carboxylic acids is 2. The van der Waals surface area contributed by atoms with Crippen molar-refractivity contribution in [3.05, 3.63) is 89.1 Å². The number of methoxy groups -OCH3 is 1. The van der Waals surface area contributed by atoms with Crippen molar-refractivity contribution >= 4 is 46.3 Å². The van der Waals surface area contributed by atoms with Gasteiger partial charge in [-0.25, -0.2) is 4.98 Å². The lowest BCUT2D eigenvalue weighted by atomic mass is 10.1. The average molecular weight is 512 g/mol. The first-order chi connectivity index (χ1) is 18.3. The number of nitrogens with two attached hydrogens (primary N) is 1. The van der Waals surface area contributed by atoms with Crippen LogP contribution in [0.15, 0.2) is 66.9 Å². The molecule has 0 spiro atoms. The molecule has 3 aromatic carbocycles. The second kappa shape index (κ2) is 11.3. The zero-order valence-electron chi connectivity index (χ0n) is 21.5. The van der Waals surface area contributed by atoms with Gasteiger partial charge in [-0.05, 0) is 73.5 Å². The molecule has 10 heteroatoms. The molecule has 0 aliphatic carbocycles. The zero-order chi connectivity index (χ0) is 27.2. The summed E-state index contributed by atoms with van der Waals surface area (Å²) in [5, 5.41) is 11.8. The lowest BCUT2D eigenvalue weighted by Crippen LogP contribution is -2.17. The molecule has 2 amide bonds. The van der Waals surface area contributed by atoms with Crippen molar-refractivity contribution in [2.45, 2.75) is 13.8 Å². The van der Waals surface area contributed by atoms with E-state index >= 15 is 0 Å². The summed E-state index contributed by atoms with van der Waals surface area (Å²) in [5.74, 6) is 0.644. The highest BCUT2D eigenvalue weighted by Crippen LogP contribution is 2.25. The number of amides is 2. The molecule has 10 nitrogen and oxygen atoms in total. The minimum Gasteiger partial charge on any atom is -0.497 e. The van der Waals surface area contributed by atoms with Crippen LogP contribution in [0.1, 0.15) is 31.8 Å². The highest BCUT2D eigenvalue weighted by atomic mass is 16.5. The van der Waals surface area contributed by atoms with Crippen molar-refractivity contribution in [1.29, 1.82) is 0 Å². The third kappa shape index (κ3) is 5.98. The third-order valence-corrected chi connectivity index (χ3v) is 5.90. The number of nitrogens with one attached hydrogen (secondary N) is 4. The number of aromatic nitrogens is 2. The predicted octanol–water partition coefficient (Wildman–Crippen LogP) is 4.97. The van der Waals surface area contributed by atoms with E-state index in [4.69, 9.17) is 10.5 Å². The summed E-state index contributed by atoms with van der Waals surface area (Å²) in [6.45, 7) is 3.79. The highest BCUT2D eigenvalue weighted by Gasteiger charge is 2.16. The molecule has 0 radical (unpaired) electrons.